The first-order valence-electron chi connectivity index (χ1n) is 5.37. The molecule has 1 aliphatic heterocycles. The Hall–Kier alpha value is -1.64. The van der Waals surface area contributed by atoms with Crippen molar-refractivity contribution in [1.82, 2.24) is 4.90 Å². The molecule has 1 amide bonds. The molecule has 2 rings (SSSR count). The van der Waals surface area contributed by atoms with Gasteiger partial charge in [0.25, 0.3) is 0 Å². The molecule has 0 saturated carbocycles. The van der Waals surface area contributed by atoms with Gasteiger partial charge in [0.05, 0.1) is 6.54 Å². The van der Waals surface area contributed by atoms with E-state index in [2.05, 4.69) is 0 Å². The fourth-order valence-corrected chi connectivity index (χ4v) is 2.18. The van der Waals surface area contributed by atoms with Crippen molar-refractivity contribution in [3.63, 3.8) is 0 Å². The summed E-state index contributed by atoms with van der Waals surface area (Å²) in [4.78, 5) is 25.3. The lowest BCUT2D eigenvalue weighted by molar-refractivity contribution is -0.137. The van der Waals surface area contributed by atoms with E-state index in [1.54, 1.807) is 14.0 Å². The number of benzene rings is 1. The van der Waals surface area contributed by atoms with Gasteiger partial charge in [-0.1, -0.05) is 30.3 Å². The summed E-state index contributed by atoms with van der Waals surface area (Å²) < 4.78 is 0. The molecular weight excluding hydrogens is 202 g/mol. The van der Waals surface area contributed by atoms with Gasteiger partial charge in [-0.05, 0) is 18.9 Å². The smallest absolute Gasteiger partial charge is 0.236 e. The molecule has 3 heteroatoms. The van der Waals surface area contributed by atoms with Crippen molar-refractivity contribution in [2.24, 2.45) is 5.41 Å². The molecule has 1 aromatic rings. The summed E-state index contributed by atoms with van der Waals surface area (Å²) in [6.45, 7) is 1.98. The van der Waals surface area contributed by atoms with E-state index in [0.29, 0.717) is 6.42 Å². The highest BCUT2D eigenvalue weighted by molar-refractivity contribution is 6.12. The lowest BCUT2D eigenvalue weighted by atomic mass is 9.81. The van der Waals surface area contributed by atoms with Gasteiger partial charge in [-0.15, -0.1) is 0 Å². The summed E-state index contributed by atoms with van der Waals surface area (Å²) in [5.74, 6) is -0.0507. The molecule has 84 valence electrons. The van der Waals surface area contributed by atoms with E-state index < -0.39 is 5.41 Å². The monoisotopic (exact) mass is 217 g/mol. The minimum Gasteiger partial charge on any atom is -0.338 e. The largest absolute Gasteiger partial charge is 0.338 e. The summed E-state index contributed by atoms with van der Waals surface area (Å²) >= 11 is 0. The van der Waals surface area contributed by atoms with Gasteiger partial charge < -0.3 is 4.90 Å². The van der Waals surface area contributed by atoms with E-state index in [-0.39, 0.29) is 18.2 Å². The average Bonchev–Trinajstić information content (AvgIpc) is 2.45. The van der Waals surface area contributed by atoms with Crippen LogP contribution in [0.15, 0.2) is 30.3 Å². The highest BCUT2D eigenvalue weighted by Crippen LogP contribution is 2.31. The number of ketones is 1. The number of rotatable bonds is 2. The molecule has 0 radical (unpaired) electrons. The van der Waals surface area contributed by atoms with E-state index in [1.807, 2.05) is 30.3 Å². The van der Waals surface area contributed by atoms with Gasteiger partial charge in [-0.3, -0.25) is 9.59 Å². The number of amides is 1. The lowest BCUT2D eigenvalue weighted by Crippen LogP contribution is -2.35. The molecule has 1 saturated heterocycles. The zero-order valence-electron chi connectivity index (χ0n) is 9.56. The van der Waals surface area contributed by atoms with Gasteiger partial charge in [0, 0.05) is 7.05 Å². The standard InChI is InChI=1S/C13H15NO2/c1-13(8-10-6-4-3-5-7-10)11(15)9-14(2)12(13)16/h3-7H,8-9H2,1-2H3. The van der Waals surface area contributed by atoms with Crippen LogP contribution in [0.25, 0.3) is 0 Å². The SMILES string of the molecule is CN1CC(=O)C(C)(Cc2ccccc2)C1=O. The van der Waals surface area contributed by atoms with E-state index >= 15 is 0 Å². The van der Waals surface area contributed by atoms with Crippen LogP contribution >= 0.6 is 0 Å². The zero-order valence-corrected chi connectivity index (χ0v) is 9.56. The second-order valence-corrected chi connectivity index (χ2v) is 4.58. The van der Waals surface area contributed by atoms with Gasteiger partial charge in [-0.25, -0.2) is 0 Å². The van der Waals surface area contributed by atoms with Gasteiger partial charge in [0.15, 0.2) is 5.78 Å². The molecule has 16 heavy (non-hydrogen) atoms. The predicted molar refractivity (Wildman–Crippen MR) is 60.9 cm³/mol. The van der Waals surface area contributed by atoms with Crippen LogP contribution in [0.4, 0.5) is 0 Å². The van der Waals surface area contributed by atoms with Crippen LogP contribution in [0.1, 0.15) is 12.5 Å². The number of hydrogen-bond acceptors (Lipinski definition) is 2. The average molecular weight is 217 g/mol. The fraction of sp³-hybridized carbons (Fsp3) is 0.385. The van der Waals surface area contributed by atoms with Crippen molar-refractivity contribution >= 4 is 11.7 Å². The number of likely N-dealkylation sites (tertiary alicyclic amines) is 1. The third-order valence-electron chi connectivity index (χ3n) is 3.22. The third-order valence-corrected chi connectivity index (χ3v) is 3.22. The molecule has 0 aromatic heterocycles. The Balaban J connectivity index is 2.27. The molecule has 1 atom stereocenters. The third kappa shape index (κ3) is 1.62. The second-order valence-electron chi connectivity index (χ2n) is 4.58. The molecule has 1 aromatic carbocycles. The molecular formula is C13H15NO2. The van der Waals surface area contributed by atoms with Crippen molar-refractivity contribution in [3.05, 3.63) is 35.9 Å². The minimum atomic E-state index is -0.865. The Morgan fingerprint density at radius 1 is 1.25 bits per heavy atom. The first-order chi connectivity index (χ1) is 7.54. The first kappa shape index (κ1) is 10.9. The van der Waals surface area contributed by atoms with Gasteiger partial charge in [0.2, 0.25) is 5.91 Å². The molecule has 0 aliphatic carbocycles. The Bertz CT molecular complexity index is 427. The Labute approximate surface area is 95.1 Å². The molecule has 1 unspecified atom stereocenters. The number of hydrogen-bond donors (Lipinski definition) is 0. The quantitative estimate of drug-likeness (QED) is 0.700. The molecule has 1 fully saturated rings. The zero-order chi connectivity index (χ0) is 11.8. The highest BCUT2D eigenvalue weighted by atomic mass is 16.2. The molecule has 0 spiro atoms. The topological polar surface area (TPSA) is 37.4 Å². The summed E-state index contributed by atoms with van der Waals surface area (Å²) in [7, 11) is 1.68. The van der Waals surface area contributed by atoms with Crippen LogP contribution in [0, 0.1) is 5.41 Å². The molecule has 0 N–H and O–H groups in total. The number of carbonyl (C=O) groups is 2. The van der Waals surface area contributed by atoms with Crippen LogP contribution in [0.5, 0.6) is 0 Å². The van der Waals surface area contributed by atoms with Gasteiger partial charge in [0.1, 0.15) is 5.41 Å². The van der Waals surface area contributed by atoms with Gasteiger partial charge in [-0.2, -0.15) is 0 Å². The minimum absolute atomic E-state index is 0.0175. The number of nitrogens with zero attached hydrogens (tertiary/aromatic N) is 1. The maximum Gasteiger partial charge on any atom is 0.236 e. The van der Waals surface area contributed by atoms with Crippen molar-refractivity contribution in [2.75, 3.05) is 13.6 Å². The molecule has 1 aliphatic rings. The summed E-state index contributed by atoms with van der Waals surface area (Å²) in [5.41, 5.74) is 0.165. The van der Waals surface area contributed by atoms with Crippen molar-refractivity contribution in [2.45, 2.75) is 13.3 Å². The Morgan fingerprint density at radius 3 is 2.38 bits per heavy atom. The Kier molecular flexibility index (Phi) is 2.54. The Morgan fingerprint density at radius 2 is 1.88 bits per heavy atom. The molecule has 0 bridgehead atoms. The maximum absolute atomic E-state index is 11.9. The van der Waals surface area contributed by atoms with Crippen LogP contribution in [0.3, 0.4) is 0 Å². The summed E-state index contributed by atoms with van der Waals surface area (Å²) in [6.07, 6.45) is 0.496. The van der Waals surface area contributed by atoms with Crippen LogP contribution in [-0.2, 0) is 16.0 Å². The maximum atomic E-state index is 11.9. The van der Waals surface area contributed by atoms with Crippen molar-refractivity contribution in [1.29, 1.82) is 0 Å². The predicted octanol–water partition coefficient (Wildman–Crippen LogP) is 1.28. The van der Waals surface area contributed by atoms with E-state index in [9.17, 15) is 9.59 Å². The van der Waals surface area contributed by atoms with Crippen LogP contribution in [-0.4, -0.2) is 30.2 Å². The summed E-state index contributed by atoms with van der Waals surface area (Å²) in [5, 5.41) is 0. The fourth-order valence-electron chi connectivity index (χ4n) is 2.18. The van der Waals surface area contributed by atoms with E-state index in [0.717, 1.165) is 5.56 Å². The second kappa shape index (κ2) is 3.74. The van der Waals surface area contributed by atoms with Crippen LogP contribution < -0.4 is 0 Å². The van der Waals surface area contributed by atoms with E-state index in [4.69, 9.17) is 0 Å². The highest BCUT2D eigenvalue weighted by Gasteiger charge is 2.48. The normalized spacial score (nSPS) is 25.2. The summed E-state index contributed by atoms with van der Waals surface area (Å²) in [6, 6.07) is 9.67. The van der Waals surface area contributed by atoms with Crippen molar-refractivity contribution < 1.29 is 9.59 Å². The number of likely N-dealkylation sites (N-methyl/N-ethyl adjacent to an activating group) is 1. The molecule has 1 heterocycles. The number of carbonyl (C=O) groups excluding carboxylic acids is 2. The lowest BCUT2D eigenvalue weighted by Gasteiger charge is -2.20. The first-order valence-corrected chi connectivity index (χ1v) is 5.37. The van der Waals surface area contributed by atoms with Crippen LogP contribution in [0.2, 0.25) is 0 Å². The van der Waals surface area contributed by atoms with Crippen molar-refractivity contribution in [3.8, 4) is 0 Å². The molecule has 3 nitrogen and oxygen atoms in total. The van der Waals surface area contributed by atoms with E-state index in [1.165, 1.54) is 4.90 Å². The number of Topliss-reactive ketones (excluding diaryl/α,β-unsaturated/α-hetero) is 1. The van der Waals surface area contributed by atoms with Gasteiger partial charge >= 0.3 is 0 Å².